The Balaban J connectivity index is 0.000000118. The Morgan fingerprint density at radius 1 is 0.570 bits per heavy atom. The predicted molar refractivity (Wildman–Crippen MR) is 419 cm³/mol. The summed E-state index contributed by atoms with van der Waals surface area (Å²) in [5.74, 6) is 5.67. The van der Waals surface area contributed by atoms with E-state index in [-0.39, 0.29) is 5.82 Å². The molecule has 2 N–H and O–H groups in total. The van der Waals surface area contributed by atoms with Crippen LogP contribution in [0.5, 0.6) is 0 Å². The zero-order valence-corrected chi connectivity index (χ0v) is 61.6. The van der Waals surface area contributed by atoms with Gasteiger partial charge in [0, 0.05) is 130 Å². The minimum absolute atomic E-state index is 0.226. The molecule has 7 aliphatic rings. The zero-order chi connectivity index (χ0) is 72.8. The number of aromatic nitrogens is 12. The van der Waals surface area contributed by atoms with E-state index >= 15 is 0 Å². The number of anilines is 3. The number of fused-ring (bicyclic) bond motifs is 15. The molecule has 0 spiro atoms. The van der Waals surface area contributed by atoms with Crippen LogP contribution in [0.1, 0.15) is 100 Å². The molecule has 0 amide bonds. The number of nitrogens with zero attached hydrogens (tertiary/aromatic N) is 18. The number of imidazole rings is 1. The first-order valence-electron chi connectivity index (χ1n) is 38.2. The molecular weight excluding hydrogens is 1330 g/mol. The van der Waals surface area contributed by atoms with Crippen molar-refractivity contribution in [1.29, 1.82) is 10.5 Å². The van der Waals surface area contributed by atoms with Crippen molar-refractivity contribution in [3.8, 4) is 97.1 Å². The average molecular weight is 1420 g/mol. The summed E-state index contributed by atoms with van der Waals surface area (Å²) in [5, 5.41) is 39.1. The van der Waals surface area contributed by atoms with E-state index in [1.54, 1.807) is 6.33 Å². The predicted octanol–water partition coefficient (Wildman–Crippen LogP) is 14.5. The van der Waals surface area contributed by atoms with Gasteiger partial charge in [-0.25, -0.2) is 24.0 Å². The largest absolute Gasteiger partial charge is 0.371 e. The zero-order valence-electron chi connectivity index (χ0n) is 61.6. The van der Waals surface area contributed by atoms with E-state index in [0.717, 1.165) is 174 Å². The first kappa shape index (κ1) is 68.9. The van der Waals surface area contributed by atoms with Gasteiger partial charge in [0.25, 0.3) is 0 Å². The van der Waals surface area contributed by atoms with Crippen LogP contribution in [0.4, 0.5) is 21.6 Å². The molecule has 0 radical (unpaired) electrons. The highest BCUT2D eigenvalue weighted by molar-refractivity contribution is 5.75. The number of hydrogen-bond acceptors (Lipinski definition) is 14. The normalized spacial score (nSPS) is 19.0. The summed E-state index contributed by atoms with van der Waals surface area (Å²) in [4.78, 5) is 24.2. The van der Waals surface area contributed by atoms with Crippen molar-refractivity contribution < 1.29 is 4.39 Å². The second kappa shape index (κ2) is 29.6. The van der Waals surface area contributed by atoms with E-state index in [9.17, 15) is 4.39 Å². The highest BCUT2D eigenvalue weighted by Gasteiger charge is 2.32. The van der Waals surface area contributed by atoms with E-state index in [2.05, 4.69) is 211 Å². The highest BCUT2D eigenvalue weighted by Crippen LogP contribution is 2.40. The first-order chi connectivity index (χ1) is 52.3. The third kappa shape index (κ3) is 14.1. The fourth-order valence-corrected chi connectivity index (χ4v) is 16.8. The number of pyridine rings is 1. The second-order valence-corrected chi connectivity index (χ2v) is 30.6. The van der Waals surface area contributed by atoms with Crippen LogP contribution >= 0.6 is 0 Å². The van der Waals surface area contributed by atoms with E-state index in [1.165, 1.54) is 79.6 Å². The van der Waals surface area contributed by atoms with E-state index in [1.807, 2.05) is 84.1 Å². The van der Waals surface area contributed by atoms with Crippen molar-refractivity contribution in [2.75, 3.05) is 81.2 Å². The minimum Gasteiger partial charge on any atom is -0.371 e. The molecule has 6 aliphatic heterocycles. The fraction of sp³-hybridized carbons (Fsp3) is 0.349. The molecule has 13 heterocycles. The molecule has 21 heteroatoms. The van der Waals surface area contributed by atoms with Crippen LogP contribution in [0.3, 0.4) is 0 Å². The Kier molecular flexibility index (Phi) is 19.1. The lowest BCUT2D eigenvalue weighted by Gasteiger charge is -2.28. The number of rotatable bonds is 14. The summed E-state index contributed by atoms with van der Waals surface area (Å²) in [5.41, 5.74) is 20.3. The number of nitrogens with one attached hydrogen (secondary N) is 2. The smallest absolute Gasteiger partial charge is 0.185 e. The number of likely N-dealkylation sites (N-methyl/N-ethyl adjacent to an activating group) is 1. The molecule has 12 aromatic rings. The van der Waals surface area contributed by atoms with Gasteiger partial charge in [0.2, 0.25) is 0 Å². The van der Waals surface area contributed by atoms with Gasteiger partial charge >= 0.3 is 0 Å². The molecule has 4 fully saturated rings. The molecule has 4 atom stereocenters. The topological polar surface area (TPSA) is 192 Å². The van der Waals surface area contributed by atoms with Crippen molar-refractivity contribution in [1.82, 2.24) is 73.3 Å². The van der Waals surface area contributed by atoms with Gasteiger partial charge in [-0.1, -0.05) is 50.2 Å². The third-order valence-corrected chi connectivity index (χ3v) is 23.4. The minimum atomic E-state index is -0.226. The lowest BCUT2D eigenvalue weighted by molar-refractivity contribution is 0.297. The van der Waals surface area contributed by atoms with Gasteiger partial charge in [-0.2, -0.15) is 15.6 Å². The van der Waals surface area contributed by atoms with Crippen molar-refractivity contribution in [2.45, 2.75) is 110 Å². The molecule has 5 aromatic carbocycles. The summed E-state index contributed by atoms with van der Waals surface area (Å²) >= 11 is 0. The SMILES string of the molecule is CC1CCC(NC[C@H]2CCN(c3ccc4c(c3)Cn3cc(-c5ccc(C#N)cc5)cc3-c3nncn3-4)C2)CC1.CC[C@@H](C)NC[C@H]1CCN(c2ccc3c(n2)Cn2cc(-c4ccc(F)cc4)cc2-c2nccn2-3)C1.CN(C)[C@H]1CCN(c2ccc3c(c2)Cn2cc(-c4ccc(C#N)cc4)cc2-c2ncnn2-3)C1. The van der Waals surface area contributed by atoms with Gasteiger partial charge in [0.05, 0.1) is 69.6 Å². The average Bonchev–Trinajstić information content (AvgIpc) is 1.62. The maximum Gasteiger partial charge on any atom is 0.185 e. The highest BCUT2D eigenvalue weighted by atomic mass is 19.1. The molecule has 7 aromatic heterocycles. The van der Waals surface area contributed by atoms with Crippen LogP contribution < -0.4 is 25.3 Å². The summed E-state index contributed by atoms with van der Waals surface area (Å²) in [6.07, 6.45) is 24.0. The molecule has 542 valence electrons. The van der Waals surface area contributed by atoms with Crippen LogP contribution in [0.2, 0.25) is 0 Å². The van der Waals surface area contributed by atoms with Gasteiger partial charge in [-0.3, -0.25) is 9.13 Å². The fourth-order valence-electron chi connectivity index (χ4n) is 16.8. The van der Waals surface area contributed by atoms with Crippen LogP contribution in [0.25, 0.3) is 85.0 Å². The number of halogens is 1. The quantitative estimate of drug-likeness (QED) is 0.104. The van der Waals surface area contributed by atoms with E-state index in [0.29, 0.717) is 47.6 Å². The Morgan fingerprint density at radius 2 is 1.14 bits per heavy atom. The number of nitriles is 2. The Hall–Kier alpha value is -11.2. The lowest BCUT2D eigenvalue weighted by atomic mass is 9.87. The molecule has 20 nitrogen and oxygen atoms in total. The summed E-state index contributed by atoms with van der Waals surface area (Å²) in [6.45, 7) is 17.7. The van der Waals surface area contributed by atoms with E-state index in [4.69, 9.17) is 15.5 Å². The molecule has 0 unspecified atom stereocenters. The Morgan fingerprint density at radius 3 is 1.79 bits per heavy atom. The van der Waals surface area contributed by atoms with Gasteiger partial charge < -0.3 is 43.9 Å². The van der Waals surface area contributed by atoms with Gasteiger partial charge in [0.1, 0.15) is 24.3 Å². The van der Waals surface area contributed by atoms with Crippen molar-refractivity contribution >= 4 is 17.2 Å². The van der Waals surface area contributed by atoms with Crippen LogP contribution in [-0.4, -0.2) is 147 Å². The summed E-state index contributed by atoms with van der Waals surface area (Å²) < 4.78 is 26.4. The van der Waals surface area contributed by atoms with Crippen LogP contribution in [-0.2, 0) is 19.6 Å². The Labute approximate surface area is 625 Å². The Bertz CT molecular complexity index is 5260. The molecule has 107 heavy (non-hydrogen) atoms. The maximum atomic E-state index is 13.5. The molecule has 19 rings (SSSR count). The molecular formula is C86H91FN20. The second-order valence-electron chi connectivity index (χ2n) is 30.6. The summed E-state index contributed by atoms with van der Waals surface area (Å²) in [7, 11) is 4.33. The van der Waals surface area contributed by atoms with Crippen molar-refractivity contribution in [3.05, 3.63) is 217 Å². The van der Waals surface area contributed by atoms with E-state index < -0.39 is 0 Å². The van der Waals surface area contributed by atoms with Crippen LogP contribution in [0, 0.1) is 46.2 Å². The molecule has 0 bridgehead atoms. The molecule has 1 aliphatic carbocycles. The monoisotopic (exact) mass is 1420 g/mol. The number of hydrogen-bond donors (Lipinski definition) is 2. The van der Waals surface area contributed by atoms with Crippen molar-refractivity contribution in [3.63, 3.8) is 0 Å². The third-order valence-electron chi connectivity index (χ3n) is 23.4. The first-order valence-corrected chi connectivity index (χ1v) is 38.2. The summed E-state index contributed by atoms with van der Waals surface area (Å²) in [6, 6.07) is 52.8. The van der Waals surface area contributed by atoms with Crippen molar-refractivity contribution in [2.24, 2.45) is 17.8 Å². The number of benzene rings is 5. The standard InChI is InChI=1S/C32H35N7.C28H31FN6.C26H25N7/c1-22-2-8-28(9-3-22)34-17-24-12-13-37(18-24)29-10-11-30-27(14-29)20-38-19-26(25-6-4-23(16-33)5-7-25)15-31(38)32-36-35-21-39(30)32;1-3-19(2)31-15-20-10-12-33(16-20)27-9-8-25-24(32-27)18-34-17-22(21-4-6-23(29)7-5-21)14-26(34)28-30-11-13-35(25)28;1-30(2)23-9-10-31(16-23)22-7-8-24-21(11-22)15-32-14-20(19-5-3-18(13-27)4-6-19)12-25(32)26-28-17-29-33(24)26/h4-7,10-11,14-15,19,21-22,24,28,34H,2-3,8-9,12-13,17-18,20H2,1H3;4-9,11,13-14,17,19-20,31H,3,10,12,15-16,18H2,1-2H3;3-8,11-12,14,17,23H,9-10,15-16H2,1-2H3/t22?,24-,28?;19-,20-;23-/m110/s1. The maximum absolute atomic E-state index is 13.5. The molecule has 3 saturated heterocycles. The molecule has 1 saturated carbocycles. The van der Waals surface area contributed by atoms with Gasteiger partial charge in [0.15, 0.2) is 17.5 Å². The van der Waals surface area contributed by atoms with Crippen LogP contribution in [0.15, 0.2) is 183 Å². The lowest BCUT2D eigenvalue weighted by Crippen LogP contribution is -2.36. The van der Waals surface area contributed by atoms with Gasteiger partial charge in [-0.15, -0.1) is 10.2 Å². The van der Waals surface area contributed by atoms with Gasteiger partial charge in [-0.05, 0) is 234 Å².